The summed E-state index contributed by atoms with van der Waals surface area (Å²) in [7, 11) is 1.68. The van der Waals surface area contributed by atoms with Crippen LogP contribution in [-0.4, -0.2) is 7.11 Å². The van der Waals surface area contributed by atoms with E-state index < -0.39 is 0 Å². The van der Waals surface area contributed by atoms with Crippen LogP contribution >= 0.6 is 38.5 Å². The van der Waals surface area contributed by atoms with Crippen molar-refractivity contribution in [3.63, 3.8) is 0 Å². The molecule has 0 heterocycles. The molecule has 0 amide bonds. The second kappa shape index (κ2) is 8.12. The Morgan fingerprint density at radius 3 is 2.57 bits per heavy atom. The zero-order chi connectivity index (χ0) is 15.2. The SMILES string of the molecule is COc1ccc(CCC(NN)c2cc(Br)ccc2I)cc1. The van der Waals surface area contributed by atoms with E-state index >= 15 is 0 Å². The highest BCUT2D eigenvalue weighted by molar-refractivity contribution is 14.1. The van der Waals surface area contributed by atoms with Crippen LogP contribution in [0.2, 0.25) is 0 Å². The van der Waals surface area contributed by atoms with E-state index in [9.17, 15) is 0 Å². The van der Waals surface area contributed by atoms with Gasteiger partial charge in [0.05, 0.1) is 7.11 Å². The number of nitrogens with one attached hydrogen (secondary N) is 1. The third-order valence-electron chi connectivity index (χ3n) is 3.42. The molecule has 3 N–H and O–H groups in total. The lowest BCUT2D eigenvalue weighted by Gasteiger charge is -2.18. The Hall–Kier alpha value is -0.630. The Labute approximate surface area is 147 Å². The van der Waals surface area contributed by atoms with Gasteiger partial charge in [0, 0.05) is 14.1 Å². The molecule has 0 saturated carbocycles. The summed E-state index contributed by atoms with van der Waals surface area (Å²) in [5.74, 6) is 6.63. The zero-order valence-electron chi connectivity index (χ0n) is 11.8. The number of aryl methyl sites for hydroxylation is 1. The van der Waals surface area contributed by atoms with Gasteiger partial charge in [-0.1, -0.05) is 28.1 Å². The molecule has 2 aromatic carbocycles. The van der Waals surface area contributed by atoms with E-state index in [1.54, 1.807) is 7.11 Å². The van der Waals surface area contributed by atoms with Gasteiger partial charge < -0.3 is 4.74 Å². The third kappa shape index (κ3) is 4.67. The first-order valence-electron chi connectivity index (χ1n) is 6.68. The largest absolute Gasteiger partial charge is 0.497 e. The maximum Gasteiger partial charge on any atom is 0.118 e. The summed E-state index contributed by atoms with van der Waals surface area (Å²) in [5, 5.41) is 0. The van der Waals surface area contributed by atoms with Crippen LogP contribution in [0.5, 0.6) is 5.75 Å². The molecule has 3 nitrogen and oxygen atoms in total. The van der Waals surface area contributed by atoms with Crippen molar-refractivity contribution in [2.75, 3.05) is 7.11 Å². The number of benzene rings is 2. The molecule has 0 aliphatic rings. The van der Waals surface area contributed by atoms with Crippen molar-refractivity contribution in [1.29, 1.82) is 0 Å². The zero-order valence-corrected chi connectivity index (χ0v) is 15.5. The molecule has 0 fully saturated rings. The number of nitrogens with two attached hydrogens (primary N) is 1. The van der Waals surface area contributed by atoms with Crippen LogP contribution in [0.4, 0.5) is 0 Å². The summed E-state index contributed by atoms with van der Waals surface area (Å²) in [5.41, 5.74) is 5.43. The Kier molecular flexibility index (Phi) is 6.47. The van der Waals surface area contributed by atoms with Gasteiger partial charge in [0.15, 0.2) is 0 Å². The van der Waals surface area contributed by atoms with Crippen molar-refractivity contribution in [1.82, 2.24) is 5.43 Å². The molecule has 21 heavy (non-hydrogen) atoms. The first kappa shape index (κ1) is 16.7. The second-order valence-electron chi connectivity index (χ2n) is 4.77. The molecule has 1 unspecified atom stereocenters. The number of hydrogen-bond acceptors (Lipinski definition) is 3. The minimum atomic E-state index is 0.136. The highest BCUT2D eigenvalue weighted by Gasteiger charge is 2.13. The van der Waals surface area contributed by atoms with E-state index in [0.29, 0.717) is 0 Å². The van der Waals surface area contributed by atoms with Crippen LogP contribution < -0.4 is 16.0 Å². The van der Waals surface area contributed by atoms with Gasteiger partial charge in [-0.2, -0.15) is 0 Å². The lowest BCUT2D eigenvalue weighted by molar-refractivity contribution is 0.414. The third-order valence-corrected chi connectivity index (χ3v) is 4.89. The molecular weight excluding hydrogens is 443 g/mol. The van der Waals surface area contributed by atoms with Gasteiger partial charge in [0.2, 0.25) is 0 Å². The average Bonchev–Trinajstić information content (AvgIpc) is 2.51. The summed E-state index contributed by atoms with van der Waals surface area (Å²) in [6.45, 7) is 0. The summed E-state index contributed by atoms with van der Waals surface area (Å²) < 4.78 is 7.46. The fraction of sp³-hybridized carbons (Fsp3) is 0.250. The summed E-state index contributed by atoms with van der Waals surface area (Å²) in [6, 6.07) is 14.6. The fourth-order valence-electron chi connectivity index (χ4n) is 2.21. The van der Waals surface area contributed by atoms with Crippen molar-refractivity contribution in [3.05, 3.63) is 61.6 Å². The van der Waals surface area contributed by atoms with Gasteiger partial charge >= 0.3 is 0 Å². The monoisotopic (exact) mass is 460 g/mol. The van der Waals surface area contributed by atoms with Crippen LogP contribution in [-0.2, 0) is 6.42 Å². The van der Waals surface area contributed by atoms with Crippen LogP contribution in [0.25, 0.3) is 0 Å². The Morgan fingerprint density at radius 1 is 1.24 bits per heavy atom. The molecule has 112 valence electrons. The van der Waals surface area contributed by atoms with Crippen molar-refractivity contribution in [3.8, 4) is 5.75 Å². The molecule has 2 aromatic rings. The van der Waals surface area contributed by atoms with Gasteiger partial charge in [-0.15, -0.1) is 0 Å². The maximum atomic E-state index is 5.74. The van der Waals surface area contributed by atoms with Gasteiger partial charge in [-0.05, 0) is 76.9 Å². The minimum absolute atomic E-state index is 0.136. The summed E-state index contributed by atoms with van der Waals surface area (Å²) in [6.07, 6.45) is 1.90. The lowest BCUT2D eigenvalue weighted by Crippen LogP contribution is -2.29. The number of ether oxygens (including phenoxy) is 1. The standard InChI is InChI=1S/C16H18BrIN2O/c1-21-13-6-2-11(3-7-13)4-9-16(20-19)14-10-12(17)5-8-15(14)18/h2-3,5-8,10,16,20H,4,9,19H2,1H3. The van der Waals surface area contributed by atoms with E-state index in [-0.39, 0.29) is 6.04 Å². The molecule has 0 radical (unpaired) electrons. The number of rotatable bonds is 6. The Bertz CT molecular complexity index is 589. The predicted molar refractivity (Wildman–Crippen MR) is 98.2 cm³/mol. The summed E-state index contributed by atoms with van der Waals surface area (Å²) >= 11 is 5.87. The Balaban J connectivity index is 2.06. The topological polar surface area (TPSA) is 47.3 Å². The average molecular weight is 461 g/mol. The molecule has 0 bridgehead atoms. The van der Waals surface area contributed by atoms with E-state index in [4.69, 9.17) is 10.6 Å². The highest BCUT2D eigenvalue weighted by atomic mass is 127. The predicted octanol–water partition coefficient (Wildman–Crippen LogP) is 4.20. The molecule has 0 spiro atoms. The van der Waals surface area contributed by atoms with Crippen molar-refractivity contribution < 1.29 is 4.74 Å². The second-order valence-corrected chi connectivity index (χ2v) is 6.85. The van der Waals surface area contributed by atoms with Gasteiger partial charge in [-0.3, -0.25) is 11.3 Å². The molecule has 1 atom stereocenters. The van der Waals surface area contributed by atoms with Crippen LogP contribution in [0, 0.1) is 3.57 Å². The number of halogens is 2. The number of hydrazine groups is 1. The van der Waals surface area contributed by atoms with Crippen molar-refractivity contribution >= 4 is 38.5 Å². The first-order chi connectivity index (χ1) is 10.1. The van der Waals surface area contributed by atoms with Crippen molar-refractivity contribution in [2.45, 2.75) is 18.9 Å². The molecule has 0 aliphatic heterocycles. The molecule has 5 heteroatoms. The minimum Gasteiger partial charge on any atom is -0.497 e. The molecule has 0 aliphatic carbocycles. The molecular formula is C16H18BrIN2O. The van der Waals surface area contributed by atoms with Crippen LogP contribution in [0.15, 0.2) is 46.9 Å². The number of hydrogen-bond donors (Lipinski definition) is 2. The first-order valence-corrected chi connectivity index (χ1v) is 8.55. The normalized spacial score (nSPS) is 12.2. The van der Waals surface area contributed by atoms with Crippen molar-refractivity contribution in [2.24, 2.45) is 5.84 Å². The lowest BCUT2D eigenvalue weighted by atomic mass is 9.99. The summed E-state index contributed by atoms with van der Waals surface area (Å²) in [4.78, 5) is 0. The smallest absolute Gasteiger partial charge is 0.118 e. The van der Waals surface area contributed by atoms with E-state index in [0.717, 1.165) is 23.1 Å². The van der Waals surface area contributed by atoms with Crippen LogP contribution in [0.1, 0.15) is 23.6 Å². The van der Waals surface area contributed by atoms with Crippen LogP contribution in [0.3, 0.4) is 0 Å². The van der Waals surface area contributed by atoms with E-state index in [1.807, 2.05) is 18.2 Å². The highest BCUT2D eigenvalue weighted by Crippen LogP contribution is 2.27. The quantitative estimate of drug-likeness (QED) is 0.386. The molecule has 0 aromatic heterocycles. The van der Waals surface area contributed by atoms with Gasteiger partial charge in [0.1, 0.15) is 5.75 Å². The van der Waals surface area contributed by atoms with E-state index in [2.05, 4.69) is 68.2 Å². The van der Waals surface area contributed by atoms with E-state index in [1.165, 1.54) is 14.7 Å². The Morgan fingerprint density at radius 2 is 1.95 bits per heavy atom. The fourth-order valence-corrected chi connectivity index (χ4v) is 3.30. The molecule has 2 rings (SSSR count). The molecule has 0 saturated heterocycles. The van der Waals surface area contributed by atoms with Gasteiger partial charge in [-0.25, -0.2) is 0 Å². The maximum absolute atomic E-state index is 5.74. The van der Waals surface area contributed by atoms with Gasteiger partial charge in [0.25, 0.3) is 0 Å². The number of methoxy groups -OCH3 is 1.